The highest BCUT2D eigenvalue weighted by atomic mass is 32.1. The molecule has 0 saturated heterocycles. The van der Waals surface area contributed by atoms with Gasteiger partial charge in [0.15, 0.2) is 17.6 Å². The minimum atomic E-state index is -0.710. The van der Waals surface area contributed by atoms with Gasteiger partial charge in [0.05, 0.1) is 7.11 Å². The highest BCUT2D eigenvalue weighted by Crippen LogP contribution is 2.28. The fraction of sp³-hybridized carbons (Fsp3) is 0.211. The highest BCUT2D eigenvalue weighted by Gasteiger charge is 2.18. The van der Waals surface area contributed by atoms with Crippen LogP contribution in [0.3, 0.4) is 0 Å². The number of amides is 1. The number of nitrogens with one attached hydrogen (secondary N) is 1. The molecule has 134 valence electrons. The van der Waals surface area contributed by atoms with Crippen molar-refractivity contribution in [3.63, 3.8) is 0 Å². The SMILES string of the molecule is COc1ccccc1OC(C)C(=O)Nc1nnc(-c2ccc(C)cc2)s1. The van der Waals surface area contributed by atoms with Crippen molar-refractivity contribution in [2.45, 2.75) is 20.0 Å². The summed E-state index contributed by atoms with van der Waals surface area (Å²) in [4.78, 5) is 12.4. The van der Waals surface area contributed by atoms with Gasteiger partial charge in [0.2, 0.25) is 5.13 Å². The van der Waals surface area contributed by atoms with Gasteiger partial charge in [0.1, 0.15) is 5.01 Å². The molecule has 1 unspecified atom stereocenters. The smallest absolute Gasteiger partial charge is 0.266 e. The summed E-state index contributed by atoms with van der Waals surface area (Å²) in [5.41, 5.74) is 2.14. The molecule has 0 fully saturated rings. The molecule has 1 aromatic heterocycles. The van der Waals surface area contributed by atoms with Crippen LogP contribution in [0, 0.1) is 6.92 Å². The molecule has 0 aliphatic rings. The van der Waals surface area contributed by atoms with Gasteiger partial charge in [-0.3, -0.25) is 10.1 Å². The van der Waals surface area contributed by atoms with E-state index in [0.29, 0.717) is 16.6 Å². The number of carbonyl (C=O) groups is 1. The van der Waals surface area contributed by atoms with Crippen LogP contribution in [-0.2, 0) is 4.79 Å². The summed E-state index contributed by atoms with van der Waals surface area (Å²) in [6.45, 7) is 3.70. The van der Waals surface area contributed by atoms with Crippen molar-refractivity contribution in [2.75, 3.05) is 12.4 Å². The summed E-state index contributed by atoms with van der Waals surface area (Å²) in [7, 11) is 1.56. The summed E-state index contributed by atoms with van der Waals surface area (Å²) >= 11 is 1.32. The fourth-order valence-electron chi connectivity index (χ4n) is 2.25. The molecule has 0 radical (unpaired) electrons. The number of para-hydroxylation sites is 2. The molecule has 0 bridgehead atoms. The third kappa shape index (κ3) is 4.18. The third-order valence-corrected chi connectivity index (χ3v) is 4.58. The average molecular weight is 369 g/mol. The van der Waals surface area contributed by atoms with Crippen LogP contribution in [0.4, 0.5) is 5.13 Å². The van der Waals surface area contributed by atoms with E-state index < -0.39 is 6.10 Å². The maximum Gasteiger partial charge on any atom is 0.266 e. The number of ether oxygens (including phenoxy) is 2. The number of anilines is 1. The second-order valence-electron chi connectivity index (χ2n) is 5.68. The zero-order chi connectivity index (χ0) is 18.5. The number of carbonyl (C=O) groups excluding carboxylic acids is 1. The standard InChI is InChI=1S/C19H19N3O3S/c1-12-8-10-14(11-9-12)18-21-22-19(26-18)20-17(23)13(2)25-16-7-5-4-6-15(16)24-3/h4-11,13H,1-3H3,(H,20,22,23). The van der Waals surface area contributed by atoms with E-state index in [1.165, 1.54) is 16.9 Å². The predicted molar refractivity (Wildman–Crippen MR) is 102 cm³/mol. The van der Waals surface area contributed by atoms with Crippen LogP contribution in [-0.4, -0.2) is 29.3 Å². The molecule has 1 atom stereocenters. The first-order chi connectivity index (χ1) is 12.6. The summed E-state index contributed by atoms with van der Waals surface area (Å²) < 4.78 is 10.9. The molecule has 1 heterocycles. The van der Waals surface area contributed by atoms with Crippen molar-refractivity contribution in [3.05, 3.63) is 54.1 Å². The first-order valence-corrected chi connectivity index (χ1v) is 8.89. The molecular weight excluding hydrogens is 350 g/mol. The zero-order valence-corrected chi connectivity index (χ0v) is 15.5. The minimum absolute atomic E-state index is 0.303. The minimum Gasteiger partial charge on any atom is -0.493 e. The Kier molecular flexibility index (Phi) is 5.48. The number of rotatable bonds is 6. The first kappa shape index (κ1) is 17.9. The number of aromatic nitrogens is 2. The summed E-state index contributed by atoms with van der Waals surface area (Å²) in [5.74, 6) is 0.780. The lowest BCUT2D eigenvalue weighted by molar-refractivity contribution is -0.122. The number of hydrogen-bond donors (Lipinski definition) is 1. The zero-order valence-electron chi connectivity index (χ0n) is 14.7. The molecule has 0 spiro atoms. The summed E-state index contributed by atoms with van der Waals surface area (Å²) in [5, 5.41) is 12.1. The van der Waals surface area contributed by atoms with Gasteiger partial charge in [-0.1, -0.05) is 53.3 Å². The molecule has 1 N–H and O–H groups in total. The molecule has 6 nitrogen and oxygen atoms in total. The Bertz CT molecular complexity index is 893. The number of benzene rings is 2. The van der Waals surface area contributed by atoms with Crippen LogP contribution in [0.5, 0.6) is 11.5 Å². The van der Waals surface area contributed by atoms with Crippen LogP contribution in [0.15, 0.2) is 48.5 Å². The van der Waals surface area contributed by atoms with Gasteiger partial charge < -0.3 is 9.47 Å². The van der Waals surface area contributed by atoms with Crippen molar-refractivity contribution < 1.29 is 14.3 Å². The second kappa shape index (κ2) is 7.97. The Hall–Kier alpha value is -2.93. The van der Waals surface area contributed by atoms with E-state index >= 15 is 0 Å². The largest absolute Gasteiger partial charge is 0.493 e. The Labute approximate surface area is 155 Å². The van der Waals surface area contributed by atoms with E-state index in [9.17, 15) is 4.79 Å². The van der Waals surface area contributed by atoms with Gasteiger partial charge in [-0.15, -0.1) is 10.2 Å². The molecule has 26 heavy (non-hydrogen) atoms. The van der Waals surface area contributed by atoms with Crippen molar-refractivity contribution in [1.82, 2.24) is 10.2 Å². The molecule has 3 rings (SSSR count). The van der Waals surface area contributed by atoms with Gasteiger partial charge in [-0.25, -0.2) is 0 Å². The quantitative estimate of drug-likeness (QED) is 0.713. The van der Waals surface area contributed by atoms with Crippen molar-refractivity contribution in [2.24, 2.45) is 0 Å². The summed E-state index contributed by atoms with van der Waals surface area (Å²) in [6.07, 6.45) is -0.710. The maximum absolute atomic E-state index is 12.4. The van der Waals surface area contributed by atoms with Gasteiger partial charge in [-0.2, -0.15) is 0 Å². The average Bonchev–Trinajstić information content (AvgIpc) is 3.11. The number of methoxy groups -OCH3 is 1. The molecular formula is C19H19N3O3S. The van der Waals surface area contributed by atoms with Crippen LogP contribution < -0.4 is 14.8 Å². The van der Waals surface area contributed by atoms with Crippen LogP contribution in [0.1, 0.15) is 12.5 Å². The van der Waals surface area contributed by atoms with Gasteiger partial charge in [0, 0.05) is 5.56 Å². The lowest BCUT2D eigenvalue weighted by atomic mass is 10.2. The second-order valence-corrected chi connectivity index (χ2v) is 6.66. The molecule has 0 saturated carbocycles. The van der Waals surface area contributed by atoms with Crippen LogP contribution >= 0.6 is 11.3 Å². The van der Waals surface area contributed by atoms with Crippen LogP contribution in [0.2, 0.25) is 0 Å². The summed E-state index contributed by atoms with van der Waals surface area (Å²) in [6, 6.07) is 15.2. The molecule has 7 heteroatoms. The third-order valence-electron chi connectivity index (χ3n) is 3.70. The van der Waals surface area contributed by atoms with Gasteiger partial charge in [-0.05, 0) is 26.0 Å². The molecule has 3 aromatic rings. The van der Waals surface area contributed by atoms with Crippen LogP contribution in [0.25, 0.3) is 10.6 Å². The Morgan fingerprint density at radius 3 is 2.46 bits per heavy atom. The molecule has 0 aliphatic carbocycles. The normalized spacial score (nSPS) is 11.7. The van der Waals surface area contributed by atoms with Gasteiger partial charge in [0.25, 0.3) is 5.91 Å². The number of aryl methyl sites for hydroxylation is 1. The topological polar surface area (TPSA) is 73.3 Å². The van der Waals surface area contributed by atoms with E-state index in [0.717, 1.165) is 10.6 Å². The fourth-order valence-corrected chi connectivity index (χ4v) is 3.01. The van der Waals surface area contributed by atoms with Crippen molar-refractivity contribution >= 4 is 22.4 Å². The molecule has 2 aromatic carbocycles. The van der Waals surface area contributed by atoms with Crippen molar-refractivity contribution in [1.29, 1.82) is 0 Å². The van der Waals surface area contributed by atoms with E-state index in [4.69, 9.17) is 9.47 Å². The maximum atomic E-state index is 12.4. The predicted octanol–water partition coefficient (Wildman–Crippen LogP) is 3.93. The van der Waals surface area contributed by atoms with E-state index in [1.807, 2.05) is 43.3 Å². The Balaban J connectivity index is 1.65. The molecule has 0 aliphatic heterocycles. The lowest BCUT2D eigenvalue weighted by Crippen LogP contribution is -2.30. The highest BCUT2D eigenvalue weighted by molar-refractivity contribution is 7.18. The number of hydrogen-bond acceptors (Lipinski definition) is 6. The van der Waals surface area contributed by atoms with E-state index in [2.05, 4.69) is 15.5 Å². The van der Waals surface area contributed by atoms with E-state index in [1.54, 1.807) is 26.2 Å². The molecule has 1 amide bonds. The monoisotopic (exact) mass is 369 g/mol. The number of nitrogens with zero attached hydrogens (tertiary/aromatic N) is 2. The Morgan fingerprint density at radius 1 is 1.08 bits per heavy atom. The lowest BCUT2D eigenvalue weighted by Gasteiger charge is -2.15. The first-order valence-electron chi connectivity index (χ1n) is 8.08. The van der Waals surface area contributed by atoms with E-state index in [-0.39, 0.29) is 5.91 Å². The van der Waals surface area contributed by atoms with Crippen molar-refractivity contribution in [3.8, 4) is 22.1 Å². The van der Waals surface area contributed by atoms with Gasteiger partial charge >= 0.3 is 0 Å². The Morgan fingerprint density at radius 2 is 1.77 bits per heavy atom.